The van der Waals surface area contributed by atoms with Crippen molar-refractivity contribution >= 4 is 25.6 Å². The minimum absolute atomic E-state index is 0.00583. The fourth-order valence-corrected chi connectivity index (χ4v) is 4.01. The van der Waals surface area contributed by atoms with Gasteiger partial charge in [-0.3, -0.25) is 4.79 Å². The van der Waals surface area contributed by atoms with Crippen molar-refractivity contribution in [3.8, 4) is 11.5 Å². The molecular formula is C21H26ClNO5S. The zero-order valence-corrected chi connectivity index (χ0v) is 18.8. The van der Waals surface area contributed by atoms with Gasteiger partial charge in [-0.2, -0.15) is 0 Å². The molecule has 0 bridgehead atoms. The van der Waals surface area contributed by atoms with E-state index in [1.807, 2.05) is 12.1 Å². The molecular weight excluding hydrogens is 414 g/mol. The van der Waals surface area contributed by atoms with Crippen molar-refractivity contribution in [1.82, 2.24) is 5.32 Å². The van der Waals surface area contributed by atoms with Gasteiger partial charge in [-0.25, -0.2) is 8.42 Å². The van der Waals surface area contributed by atoms with Crippen molar-refractivity contribution in [2.45, 2.75) is 37.5 Å². The van der Waals surface area contributed by atoms with Crippen molar-refractivity contribution in [2.24, 2.45) is 0 Å². The predicted molar refractivity (Wildman–Crippen MR) is 114 cm³/mol. The first kappa shape index (κ1) is 23.0. The summed E-state index contributed by atoms with van der Waals surface area (Å²) in [6.45, 7) is 6.55. The van der Waals surface area contributed by atoms with Crippen LogP contribution in [0.4, 0.5) is 0 Å². The summed E-state index contributed by atoms with van der Waals surface area (Å²) in [5, 5.41) is 2.80. The molecule has 0 atom stereocenters. The monoisotopic (exact) mass is 439 g/mol. The molecule has 0 aromatic heterocycles. The summed E-state index contributed by atoms with van der Waals surface area (Å²) < 4.78 is 34.2. The number of benzene rings is 2. The van der Waals surface area contributed by atoms with Crippen LogP contribution in [0.3, 0.4) is 0 Å². The number of nitrogens with one attached hydrogen (secondary N) is 1. The summed E-state index contributed by atoms with van der Waals surface area (Å²) in [4.78, 5) is 12.3. The van der Waals surface area contributed by atoms with Gasteiger partial charge in [0, 0.05) is 28.9 Å². The van der Waals surface area contributed by atoms with Gasteiger partial charge < -0.3 is 14.8 Å². The Labute approximate surface area is 176 Å². The Bertz CT molecular complexity index is 979. The van der Waals surface area contributed by atoms with Gasteiger partial charge in [-0.1, -0.05) is 32.9 Å². The molecule has 0 radical (unpaired) electrons. The van der Waals surface area contributed by atoms with E-state index in [0.29, 0.717) is 16.9 Å². The molecule has 2 aromatic carbocycles. The predicted octanol–water partition coefficient (Wildman–Crippen LogP) is 3.90. The number of hydrogen-bond donors (Lipinski definition) is 1. The van der Waals surface area contributed by atoms with Crippen molar-refractivity contribution in [2.75, 3.05) is 20.8 Å². The number of halogens is 1. The van der Waals surface area contributed by atoms with Gasteiger partial charge in [-0.05, 0) is 41.2 Å². The van der Waals surface area contributed by atoms with E-state index in [4.69, 9.17) is 20.2 Å². The minimum atomic E-state index is -3.99. The Balaban J connectivity index is 2.14. The molecule has 2 rings (SSSR count). The molecule has 1 amide bonds. The topological polar surface area (TPSA) is 81.7 Å². The van der Waals surface area contributed by atoms with Gasteiger partial charge in [0.25, 0.3) is 15.0 Å². The molecule has 0 heterocycles. The number of carbonyl (C=O) groups excluding carboxylic acids is 1. The average molecular weight is 440 g/mol. The summed E-state index contributed by atoms with van der Waals surface area (Å²) in [6.07, 6.45) is 0.257. The van der Waals surface area contributed by atoms with Crippen LogP contribution in [0, 0.1) is 0 Å². The molecule has 29 heavy (non-hydrogen) atoms. The third kappa shape index (κ3) is 5.87. The first-order valence-electron chi connectivity index (χ1n) is 9.05. The summed E-state index contributed by atoms with van der Waals surface area (Å²) in [5.74, 6) is 0.412. The highest BCUT2D eigenvalue weighted by Gasteiger charge is 2.20. The van der Waals surface area contributed by atoms with Gasteiger partial charge in [0.15, 0.2) is 11.5 Å². The Morgan fingerprint density at radius 3 is 2.07 bits per heavy atom. The van der Waals surface area contributed by atoms with E-state index in [1.165, 1.54) is 20.3 Å². The number of hydrogen-bond acceptors (Lipinski definition) is 5. The number of carbonyl (C=O) groups is 1. The standard InChI is InChI=1S/C21H26ClNO5S/c1-21(2,3)16-8-6-14(7-9-16)20(24)23-11-10-15-12-17(27-4)18(28-5)13-19(15)29(22,25)26/h6-9,12-13H,10-11H2,1-5H3,(H,23,24). The molecule has 8 heteroatoms. The molecule has 0 aliphatic heterocycles. The fraction of sp³-hybridized carbons (Fsp3) is 0.381. The lowest BCUT2D eigenvalue weighted by atomic mass is 9.87. The highest BCUT2D eigenvalue weighted by atomic mass is 35.7. The summed E-state index contributed by atoms with van der Waals surface area (Å²) >= 11 is 0. The van der Waals surface area contributed by atoms with E-state index in [2.05, 4.69) is 26.1 Å². The highest BCUT2D eigenvalue weighted by molar-refractivity contribution is 8.13. The van der Waals surface area contributed by atoms with E-state index in [0.717, 1.165) is 5.56 Å². The number of amides is 1. The van der Waals surface area contributed by atoms with Crippen molar-refractivity contribution in [1.29, 1.82) is 0 Å². The zero-order valence-electron chi connectivity index (χ0n) is 17.2. The average Bonchev–Trinajstić information content (AvgIpc) is 2.65. The summed E-state index contributed by atoms with van der Waals surface area (Å²) in [5.41, 5.74) is 2.11. The fourth-order valence-electron chi connectivity index (χ4n) is 2.86. The van der Waals surface area contributed by atoms with E-state index < -0.39 is 9.05 Å². The van der Waals surface area contributed by atoms with Crippen LogP contribution < -0.4 is 14.8 Å². The van der Waals surface area contributed by atoms with Gasteiger partial charge in [-0.15, -0.1) is 0 Å². The maximum absolute atomic E-state index is 12.4. The number of rotatable bonds is 7. The van der Waals surface area contributed by atoms with Gasteiger partial charge in [0.05, 0.1) is 19.1 Å². The lowest BCUT2D eigenvalue weighted by molar-refractivity contribution is 0.0954. The third-order valence-corrected chi connectivity index (χ3v) is 5.93. The molecule has 0 aliphatic carbocycles. The second kappa shape index (κ2) is 9.05. The summed E-state index contributed by atoms with van der Waals surface area (Å²) in [6, 6.07) is 10.3. The van der Waals surface area contributed by atoms with E-state index in [-0.39, 0.29) is 34.9 Å². The van der Waals surface area contributed by atoms with Crippen molar-refractivity contribution in [3.05, 3.63) is 53.1 Å². The number of ether oxygens (including phenoxy) is 2. The lowest BCUT2D eigenvalue weighted by Crippen LogP contribution is -2.26. The summed E-state index contributed by atoms with van der Waals surface area (Å²) in [7, 11) is 4.44. The largest absolute Gasteiger partial charge is 0.493 e. The molecule has 0 unspecified atom stereocenters. The smallest absolute Gasteiger partial charge is 0.261 e. The van der Waals surface area contributed by atoms with E-state index in [9.17, 15) is 13.2 Å². The first-order valence-corrected chi connectivity index (χ1v) is 11.4. The van der Waals surface area contributed by atoms with Crippen molar-refractivity contribution < 1.29 is 22.7 Å². The Hall–Kier alpha value is -2.25. The van der Waals surface area contributed by atoms with Crippen LogP contribution in [0.2, 0.25) is 0 Å². The molecule has 1 N–H and O–H groups in total. The van der Waals surface area contributed by atoms with Crippen LogP contribution in [0.25, 0.3) is 0 Å². The Morgan fingerprint density at radius 1 is 1.03 bits per heavy atom. The third-order valence-electron chi connectivity index (χ3n) is 4.52. The maximum Gasteiger partial charge on any atom is 0.261 e. The van der Waals surface area contributed by atoms with Crippen LogP contribution in [0.15, 0.2) is 41.3 Å². The van der Waals surface area contributed by atoms with Crippen LogP contribution in [0.1, 0.15) is 42.3 Å². The van der Waals surface area contributed by atoms with E-state index in [1.54, 1.807) is 18.2 Å². The van der Waals surface area contributed by atoms with Gasteiger partial charge in [0.1, 0.15) is 0 Å². The highest BCUT2D eigenvalue weighted by Crippen LogP contribution is 2.34. The van der Waals surface area contributed by atoms with Gasteiger partial charge >= 0.3 is 0 Å². The van der Waals surface area contributed by atoms with Crippen molar-refractivity contribution in [3.63, 3.8) is 0 Å². The molecule has 158 valence electrons. The molecule has 0 aliphatic rings. The van der Waals surface area contributed by atoms with Gasteiger partial charge in [0.2, 0.25) is 0 Å². The van der Waals surface area contributed by atoms with Crippen LogP contribution in [-0.4, -0.2) is 35.1 Å². The minimum Gasteiger partial charge on any atom is -0.493 e. The molecule has 0 saturated heterocycles. The van der Waals surface area contributed by atoms with Crippen LogP contribution >= 0.6 is 10.7 Å². The molecule has 0 spiro atoms. The molecule has 0 fully saturated rings. The number of methoxy groups -OCH3 is 2. The zero-order chi connectivity index (χ0) is 21.8. The second-order valence-corrected chi connectivity index (χ2v) is 10.1. The SMILES string of the molecule is COc1cc(CCNC(=O)c2ccc(C(C)(C)C)cc2)c(S(=O)(=O)Cl)cc1OC. The second-order valence-electron chi connectivity index (χ2n) is 7.59. The van der Waals surface area contributed by atoms with Crippen LogP contribution in [0.5, 0.6) is 11.5 Å². The quantitative estimate of drug-likeness (QED) is 0.661. The normalized spacial score (nSPS) is 11.8. The molecule has 6 nitrogen and oxygen atoms in total. The lowest BCUT2D eigenvalue weighted by Gasteiger charge is -2.19. The molecule has 0 saturated carbocycles. The molecule has 2 aromatic rings. The first-order chi connectivity index (χ1) is 13.5. The Kier molecular flexibility index (Phi) is 7.19. The van der Waals surface area contributed by atoms with E-state index >= 15 is 0 Å². The van der Waals surface area contributed by atoms with Crippen LogP contribution in [-0.2, 0) is 20.9 Å². The maximum atomic E-state index is 12.4. The Morgan fingerprint density at radius 2 is 1.59 bits per heavy atom.